The van der Waals surface area contributed by atoms with Crippen LogP contribution in [0.5, 0.6) is 0 Å². The van der Waals surface area contributed by atoms with Crippen molar-refractivity contribution in [2.24, 2.45) is 0 Å². The van der Waals surface area contributed by atoms with E-state index < -0.39 is 0 Å². The highest BCUT2D eigenvalue weighted by atomic mass is 16.3. The van der Waals surface area contributed by atoms with Crippen LogP contribution in [0.25, 0.3) is 76.9 Å². The van der Waals surface area contributed by atoms with Crippen LogP contribution < -0.4 is 9.80 Å². The molecule has 1 heterocycles. The molecule has 0 spiro atoms. The molecule has 3 heteroatoms. The van der Waals surface area contributed by atoms with Crippen LogP contribution in [0.1, 0.15) is 0 Å². The second-order valence-corrected chi connectivity index (χ2v) is 16.5. The van der Waals surface area contributed by atoms with Gasteiger partial charge in [0.1, 0.15) is 5.58 Å². The Labute approximate surface area is 378 Å². The van der Waals surface area contributed by atoms with Gasteiger partial charge in [-0.05, 0) is 116 Å². The summed E-state index contributed by atoms with van der Waals surface area (Å²) in [5.74, 6) is 0. The highest BCUT2D eigenvalue weighted by Crippen LogP contribution is 2.48. The van der Waals surface area contributed by atoms with Crippen molar-refractivity contribution in [3.63, 3.8) is 0 Å². The van der Waals surface area contributed by atoms with Crippen molar-refractivity contribution in [1.29, 1.82) is 0 Å². The maximum atomic E-state index is 7.16. The Bertz CT molecular complexity index is 3640. The molecular weight excluding hydrogens is 789 g/mol. The highest BCUT2D eigenvalue weighted by molar-refractivity contribution is 6.19. The third kappa shape index (κ3) is 6.87. The van der Waals surface area contributed by atoms with Crippen molar-refractivity contribution in [1.82, 2.24) is 0 Å². The Morgan fingerprint density at radius 3 is 1.42 bits per heavy atom. The van der Waals surface area contributed by atoms with Crippen molar-refractivity contribution < 1.29 is 4.42 Å². The fourth-order valence-electron chi connectivity index (χ4n) is 9.56. The Morgan fingerprint density at radius 1 is 0.246 bits per heavy atom. The van der Waals surface area contributed by atoms with Gasteiger partial charge in [-0.15, -0.1) is 0 Å². The maximum absolute atomic E-state index is 7.16. The van der Waals surface area contributed by atoms with Gasteiger partial charge in [-0.25, -0.2) is 0 Å². The molecule has 0 aliphatic rings. The minimum Gasteiger partial charge on any atom is -0.453 e. The standard InChI is InChI=1S/C62H42N2O/c1-5-18-43(19-6-1)47-23-17-28-51(40-47)64(49-26-11-4-12-27-49)60-42-52(41-59-58-37-34-45-22-13-14-29-55(45)61(58)65-62(59)60)63(48-24-9-3-10-25-48)50-35-32-46(33-36-50)54-39-38-53(44-20-7-2-8-21-44)56-30-15-16-31-57(54)56/h1-42H. The first-order chi connectivity index (χ1) is 32.2. The van der Waals surface area contributed by atoms with Crippen molar-refractivity contribution >= 4 is 77.6 Å². The molecule has 0 radical (unpaired) electrons. The van der Waals surface area contributed by atoms with Gasteiger partial charge in [0.25, 0.3) is 0 Å². The number of rotatable bonds is 9. The van der Waals surface area contributed by atoms with Crippen LogP contribution in [0.15, 0.2) is 259 Å². The van der Waals surface area contributed by atoms with Gasteiger partial charge >= 0.3 is 0 Å². The molecule has 0 unspecified atom stereocenters. The fourth-order valence-corrected chi connectivity index (χ4v) is 9.56. The molecule has 0 aliphatic heterocycles. The minimum absolute atomic E-state index is 0.822. The van der Waals surface area contributed by atoms with E-state index in [2.05, 4.69) is 265 Å². The van der Waals surface area contributed by atoms with E-state index in [1.807, 2.05) is 0 Å². The second kappa shape index (κ2) is 16.2. The molecule has 1 aromatic heterocycles. The summed E-state index contributed by atoms with van der Waals surface area (Å²) in [6, 6.07) is 91.2. The average molecular weight is 831 g/mol. The number of benzene rings is 11. The van der Waals surface area contributed by atoms with E-state index in [-0.39, 0.29) is 0 Å². The molecule has 3 nitrogen and oxygen atoms in total. The van der Waals surface area contributed by atoms with Crippen LogP contribution in [0.4, 0.5) is 34.1 Å². The van der Waals surface area contributed by atoms with E-state index in [0.29, 0.717) is 0 Å². The van der Waals surface area contributed by atoms with E-state index in [4.69, 9.17) is 4.42 Å². The van der Waals surface area contributed by atoms with E-state index in [1.165, 1.54) is 27.5 Å². The van der Waals surface area contributed by atoms with Crippen molar-refractivity contribution in [2.75, 3.05) is 9.80 Å². The normalized spacial score (nSPS) is 11.4. The van der Waals surface area contributed by atoms with Crippen molar-refractivity contribution in [2.45, 2.75) is 0 Å². The van der Waals surface area contributed by atoms with Crippen LogP contribution >= 0.6 is 0 Å². The monoisotopic (exact) mass is 830 g/mol. The molecule has 65 heavy (non-hydrogen) atoms. The molecule has 0 atom stereocenters. The Kier molecular flexibility index (Phi) is 9.50. The van der Waals surface area contributed by atoms with E-state index in [0.717, 1.165) is 83.5 Å². The third-order valence-corrected chi connectivity index (χ3v) is 12.6. The lowest BCUT2D eigenvalue weighted by molar-refractivity contribution is 0.673. The lowest BCUT2D eigenvalue weighted by atomic mass is 9.92. The quantitative estimate of drug-likeness (QED) is 0.144. The third-order valence-electron chi connectivity index (χ3n) is 12.6. The predicted octanol–water partition coefficient (Wildman–Crippen LogP) is 17.8. The van der Waals surface area contributed by atoms with Gasteiger partial charge < -0.3 is 14.2 Å². The molecule has 0 saturated carbocycles. The van der Waals surface area contributed by atoms with E-state index in [1.54, 1.807) is 0 Å². The number of fused-ring (bicyclic) bond motifs is 6. The Morgan fingerprint density at radius 2 is 0.754 bits per heavy atom. The zero-order chi connectivity index (χ0) is 43.1. The summed E-state index contributed by atoms with van der Waals surface area (Å²) in [4.78, 5) is 4.71. The summed E-state index contributed by atoms with van der Waals surface area (Å²) in [5, 5.41) is 6.82. The van der Waals surface area contributed by atoms with Crippen LogP contribution in [-0.4, -0.2) is 0 Å². The number of para-hydroxylation sites is 2. The number of anilines is 6. The minimum atomic E-state index is 0.822. The topological polar surface area (TPSA) is 19.6 Å². The molecule has 0 fully saturated rings. The highest BCUT2D eigenvalue weighted by Gasteiger charge is 2.25. The Balaban J connectivity index is 1.07. The summed E-state index contributed by atoms with van der Waals surface area (Å²) in [6.07, 6.45) is 0. The summed E-state index contributed by atoms with van der Waals surface area (Å²) in [5.41, 5.74) is 14.9. The van der Waals surface area contributed by atoms with Gasteiger partial charge in [-0.3, -0.25) is 0 Å². The lowest BCUT2D eigenvalue weighted by Gasteiger charge is -2.30. The van der Waals surface area contributed by atoms with Gasteiger partial charge in [-0.2, -0.15) is 0 Å². The van der Waals surface area contributed by atoms with Gasteiger partial charge in [0.2, 0.25) is 0 Å². The van der Waals surface area contributed by atoms with Gasteiger partial charge in [-0.1, -0.05) is 188 Å². The second-order valence-electron chi connectivity index (χ2n) is 16.5. The SMILES string of the molecule is c1ccc(-c2cccc(N(c3ccccc3)c3cc(N(c4ccccc4)c4ccc(-c5ccc(-c6ccccc6)c6ccccc56)cc4)cc4c3oc3c5ccccc5ccc43)c2)cc1. The number of nitrogens with zero attached hydrogens (tertiary/aromatic N) is 2. The van der Waals surface area contributed by atoms with Gasteiger partial charge in [0.15, 0.2) is 5.58 Å². The molecule has 0 saturated heterocycles. The molecule has 0 amide bonds. The summed E-state index contributed by atoms with van der Waals surface area (Å²) in [7, 11) is 0. The molecule has 0 N–H and O–H groups in total. The molecular formula is C62H42N2O. The molecule has 0 aliphatic carbocycles. The first kappa shape index (κ1) is 38.0. The van der Waals surface area contributed by atoms with Crippen LogP contribution in [0.2, 0.25) is 0 Å². The zero-order valence-electron chi connectivity index (χ0n) is 35.6. The largest absolute Gasteiger partial charge is 0.453 e. The van der Waals surface area contributed by atoms with Crippen LogP contribution in [0.3, 0.4) is 0 Å². The maximum Gasteiger partial charge on any atom is 0.159 e. The number of furan rings is 1. The summed E-state index contributed by atoms with van der Waals surface area (Å²) in [6.45, 7) is 0. The van der Waals surface area contributed by atoms with Crippen LogP contribution in [0, 0.1) is 0 Å². The Hall–Kier alpha value is -8.66. The lowest BCUT2D eigenvalue weighted by Crippen LogP contribution is -2.13. The smallest absolute Gasteiger partial charge is 0.159 e. The van der Waals surface area contributed by atoms with Crippen LogP contribution in [-0.2, 0) is 0 Å². The molecule has 12 rings (SSSR count). The molecule has 306 valence electrons. The van der Waals surface area contributed by atoms with E-state index in [9.17, 15) is 0 Å². The number of hydrogen-bond donors (Lipinski definition) is 0. The van der Waals surface area contributed by atoms with Gasteiger partial charge in [0.05, 0.1) is 5.69 Å². The van der Waals surface area contributed by atoms with Crippen molar-refractivity contribution in [3.05, 3.63) is 255 Å². The summed E-state index contributed by atoms with van der Waals surface area (Å²) >= 11 is 0. The fraction of sp³-hybridized carbons (Fsp3) is 0. The van der Waals surface area contributed by atoms with Crippen molar-refractivity contribution in [3.8, 4) is 33.4 Å². The average Bonchev–Trinajstić information content (AvgIpc) is 3.77. The number of hydrogen-bond acceptors (Lipinski definition) is 3. The zero-order valence-corrected chi connectivity index (χ0v) is 35.6. The molecule has 12 aromatic rings. The molecule has 11 aromatic carbocycles. The summed E-state index contributed by atoms with van der Waals surface area (Å²) < 4.78 is 7.16. The molecule has 0 bridgehead atoms. The van der Waals surface area contributed by atoms with E-state index >= 15 is 0 Å². The first-order valence-corrected chi connectivity index (χ1v) is 22.2. The predicted molar refractivity (Wildman–Crippen MR) is 274 cm³/mol. The van der Waals surface area contributed by atoms with Gasteiger partial charge in [0, 0.05) is 44.6 Å². The first-order valence-electron chi connectivity index (χ1n) is 22.2.